The molecule has 0 saturated carbocycles. The van der Waals surface area contributed by atoms with Crippen molar-refractivity contribution in [2.45, 2.75) is 6.10 Å². The van der Waals surface area contributed by atoms with E-state index in [2.05, 4.69) is 0 Å². The van der Waals surface area contributed by atoms with E-state index in [0.717, 1.165) is 0 Å². The topological polar surface area (TPSA) is 29.5 Å². The quantitative estimate of drug-likeness (QED) is 0.886. The highest BCUT2D eigenvalue weighted by molar-refractivity contribution is 6.35. The molecule has 1 N–H and O–H groups in total. The van der Waals surface area contributed by atoms with Gasteiger partial charge in [-0.1, -0.05) is 40.9 Å². The summed E-state index contributed by atoms with van der Waals surface area (Å²) < 4.78 is 5.22. The number of benzene rings is 2. The second kappa shape index (κ2) is 6.02. The predicted molar refractivity (Wildman–Crippen MR) is 78.5 cm³/mol. The molecule has 100 valence electrons. The first-order valence-electron chi connectivity index (χ1n) is 5.49. The van der Waals surface area contributed by atoms with Crippen LogP contribution in [-0.4, -0.2) is 12.2 Å². The van der Waals surface area contributed by atoms with Gasteiger partial charge in [0.05, 0.1) is 7.11 Å². The fraction of sp³-hybridized carbons (Fsp3) is 0.143. The Labute approximate surface area is 126 Å². The molecule has 1 unspecified atom stereocenters. The molecule has 0 fully saturated rings. The van der Waals surface area contributed by atoms with Crippen LogP contribution in [0.5, 0.6) is 5.75 Å². The van der Waals surface area contributed by atoms with Crippen LogP contribution in [0.2, 0.25) is 15.1 Å². The summed E-state index contributed by atoms with van der Waals surface area (Å²) in [4.78, 5) is 0. The second-order valence-corrected chi connectivity index (χ2v) is 5.23. The number of aliphatic hydroxyl groups excluding tert-OH is 1. The minimum Gasteiger partial charge on any atom is -0.496 e. The van der Waals surface area contributed by atoms with Gasteiger partial charge in [-0.2, -0.15) is 0 Å². The maximum absolute atomic E-state index is 10.4. The fourth-order valence-electron chi connectivity index (χ4n) is 1.81. The molecule has 0 amide bonds. The number of methoxy groups -OCH3 is 1. The molecule has 0 heterocycles. The maximum atomic E-state index is 10.4. The van der Waals surface area contributed by atoms with Gasteiger partial charge in [-0.3, -0.25) is 0 Å². The van der Waals surface area contributed by atoms with Crippen molar-refractivity contribution in [1.29, 1.82) is 0 Å². The summed E-state index contributed by atoms with van der Waals surface area (Å²) >= 11 is 17.9. The van der Waals surface area contributed by atoms with Crippen LogP contribution in [0.4, 0.5) is 0 Å². The van der Waals surface area contributed by atoms with Crippen LogP contribution in [0, 0.1) is 0 Å². The third kappa shape index (κ3) is 3.15. The SMILES string of the molecule is COc1ccc(Cl)cc1C(O)c1ccc(Cl)cc1Cl. The first-order chi connectivity index (χ1) is 9.02. The van der Waals surface area contributed by atoms with Crippen molar-refractivity contribution < 1.29 is 9.84 Å². The van der Waals surface area contributed by atoms with E-state index in [-0.39, 0.29) is 0 Å². The Morgan fingerprint density at radius 3 is 2.21 bits per heavy atom. The molecule has 0 aliphatic rings. The summed E-state index contributed by atoms with van der Waals surface area (Å²) in [5.41, 5.74) is 1.10. The highest BCUT2D eigenvalue weighted by Gasteiger charge is 2.18. The van der Waals surface area contributed by atoms with E-state index in [1.807, 2.05) is 0 Å². The molecule has 0 saturated heterocycles. The molecule has 2 aromatic rings. The highest BCUT2D eigenvalue weighted by Crippen LogP contribution is 2.35. The van der Waals surface area contributed by atoms with Crippen LogP contribution in [0.15, 0.2) is 36.4 Å². The minimum atomic E-state index is -0.932. The van der Waals surface area contributed by atoms with E-state index in [4.69, 9.17) is 39.5 Å². The standard InChI is InChI=1S/C14H11Cl3O2/c1-19-13-5-3-8(15)6-11(13)14(18)10-4-2-9(16)7-12(10)17/h2-7,14,18H,1H3. The molecular formula is C14H11Cl3O2. The van der Waals surface area contributed by atoms with Gasteiger partial charge in [-0.15, -0.1) is 0 Å². The van der Waals surface area contributed by atoms with Gasteiger partial charge in [0.1, 0.15) is 11.9 Å². The van der Waals surface area contributed by atoms with E-state index >= 15 is 0 Å². The summed E-state index contributed by atoms with van der Waals surface area (Å²) in [7, 11) is 1.53. The van der Waals surface area contributed by atoms with Crippen molar-refractivity contribution in [3.05, 3.63) is 62.6 Å². The average Bonchev–Trinajstić information content (AvgIpc) is 2.38. The molecule has 0 aliphatic heterocycles. The fourth-order valence-corrected chi connectivity index (χ4v) is 2.50. The van der Waals surface area contributed by atoms with E-state index < -0.39 is 6.10 Å². The van der Waals surface area contributed by atoms with E-state index in [9.17, 15) is 5.11 Å². The van der Waals surface area contributed by atoms with Gasteiger partial charge in [0.2, 0.25) is 0 Å². The lowest BCUT2D eigenvalue weighted by molar-refractivity contribution is 0.215. The monoisotopic (exact) mass is 316 g/mol. The molecular weight excluding hydrogens is 307 g/mol. The largest absolute Gasteiger partial charge is 0.496 e. The van der Waals surface area contributed by atoms with Crippen molar-refractivity contribution in [2.24, 2.45) is 0 Å². The lowest BCUT2D eigenvalue weighted by Gasteiger charge is -2.16. The number of ether oxygens (including phenoxy) is 1. The van der Waals surface area contributed by atoms with E-state index in [1.165, 1.54) is 7.11 Å². The Morgan fingerprint density at radius 1 is 0.947 bits per heavy atom. The summed E-state index contributed by atoms with van der Waals surface area (Å²) in [6.45, 7) is 0. The molecule has 0 spiro atoms. The predicted octanol–water partition coefficient (Wildman–Crippen LogP) is 4.74. The molecule has 0 bridgehead atoms. The van der Waals surface area contributed by atoms with Crippen LogP contribution in [0.3, 0.4) is 0 Å². The van der Waals surface area contributed by atoms with Gasteiger partial charge in [0, 0.05) is 26.2 Å². The molecule has 19 heavy (non-hydrogen) atoms. The number of rotatable bonds is 3. The molecule has 5 heteroatoms. The minimum absolute atomic E-state index is 0.391. The summed E-state index contributed by atoms with van der Waals surface area (Å²) in [5, 5.41) is 11.9. The van der Waals surface area contributed by atoms with Gasteiger partial charge in [-0.25, -0.2) is 0 Å². The number of hydrogen-bond acceptors (Lipinski definition) is 2. The molecule has 1 atom stereocenters. The van der Waals surface area contributed by atoms with Crippen molar-refractivity contribution >= 4 is 34.8 Å². The lowest BCUT2D eigenvalue weighted by Crippen LogP contribution is -2.03. The van der Waals surface area contributed by atoms with Gasteiger partial charge in [-0.05, 0) is 30.3 Å². The highest BCUT2D eigenvalue weighted by atomic mass is 35.5. The average molecular weight is 318 g/mol. The smallest absolute Gasteiger partial charge is 0.125 e. The Morgan fingerprint density at radius 2 is 1.58 bits per heavy atom. The van der Waals surface area contributed by atoms with Gasteiger partial charge in [0.25, 0.3) is 0 Å². The van der Waals surface area contributed by atoms with Crippen molar-refractivity contribution in [2.75, 3.05) is 7.11 Å². The zero-order valence-electron chi connectivity index (χ0n) is 10.0. The van der Waals surface area contributed by atoms with Crippen LogP contribution < -0.4 is 4.74 Å². The number of aliphatic hydroxyl groups is 1. The van der Waals surface area contributed by atoms with Crippen molar-refractivity contribution in [1.82, 2.24) is 0 Å². The van der Waals surface area contributed by atoms with Crippen LogP contribution >= 0.6 is 34.8 Å². The molecule has 0 aliphatic carbocycles. The van der Waals surface area contributed by atoms with Gasteiger partial charge < -0.3 is 9.84 Å². The van der Waals surface area contributed by atoms with Crippen LogP contribution in [-0.2, 0) is 0 Å². The Balaban J connectivity index is 2.49. The molecule has 2 nitrogen and oxygen atoms in total. The third-order valence-electron chi connectivity index (χ3n) is 2.74. The normalized spacial score (nSPS) is 12.3. The zero-order valence-corrected chi connectivity index (χ0v) is 12.3. The molecule has 0 aromatic heterocycles. The number of halogens is 3. The van der Waals surface area contributed by atoms with Crippen molar-refractivity contribution in [3.63, 3.8) is 0 Å². The Hall–Kier alpha value is -0.930. The van der Waals surface area contributed by atoms with Crippen LogP contribution in [0.25, 0.3) is 0 Å². The second-order valence-electron chi connectivity index (χ2n) is 3.95. The summed E-state index contributed by atoms with van der Waals surface area (Å²) in [6.07, 6.45) is -0.932. The molecule has 2 aromatic carbocycles. The maximum Gasteiger partial charge on any atom is 0.125 e. The van der Waals surface area contributed by atoms with Gasteiger partial charge in [0.15, 0.2) is 0 Å². The molecule has 2 rings (SSSR count). The number of hydrogen-bond donors (Lipinski definition) is 1. The Bertz CT molecular complexity index is 599. The van der Waals surface area contributed by atoms with E-state index in [1.54, 1.807) is 36.4 Å². The lowest BCUT2D eigenvalue weighted by atomic mass is 10.0. The first kappa shape index (κ1) is 14.5. The summed E-state index contributed by atoms with van der Waals surface area (Å²) in [5.74, 6) is 0.544. The molecule has 0 radical (unpaired) electrons. The van der Waals surface area contributed by atoms with Crippen LogP contribution in [0.1, 0.15) is 17.2 Å². The Kier molecular flexibility index (Phi) is 4.58. The van der Waals surface area contributed by atoms with E-state index in [0.29, 0.717) is 31.9 Å². The van der Waals surface area contributed by atoms with Gasteiger partial charge >= 0.3 is 0 Å². The summed E-state index contributed by atoms with van der Waals surface area (Å²) in [6, 6.07) is 9.97. The van der Waals surface area contributed by atoms with Crippen molar-refractivity contribution in [3.8, 4) is 5.75 Å². The zero-order chi connectivity index (χ0) is 14.0. The first-order valence-corrected chi connectivity index (χ1v) is 6.62. The third-order valence-corrected chi connectivity index (χ3v) is 3.54.